The molecule has 0 saturated carbocycles. The molecule has 0 saturated heterocycles. The van der Waals surface area contributed by atoms with Crippen molar-refractivity contribution in [3.8, 4) is 0 Å². The van der Waals surface area contributed by atoms with Crippen LogP contribution in [-0.2, 0) is 9.53 Å². The minimum Gasteiger partial charge on any atom is -0.369 e. The first-order chi connectivity index (χ1) is 5.02. The molecule has 0 fully saturated rings. The van der Waals surface area contributed by atoms with Gasteiger partial charge in [0.15, 0.2) is 0 Å². The van der Waals surface area contributed by atoms with Gasteiger partial charge in [-0.1, -0.05) is 0 Å². The van der Waals surface area contributed by atoms with E-state index in [1.165, 1.54) is 0 Å². The van der Waals surface area contributed by atoms with Crippen LogP contribution in [0.5, 0.6) is 0 Å². The Morgan fingerprint density at radius 2 is 2.09 bits per heavy atom. The second-order valence-corrected chi connectivity index (χ2v) is 2.27. The normalized spacial score (nSPS) is 9.73. The molecule has 0 aliphatic carbocycles. The van der Waals surface area contributed by atoms with Crippen molar-refractivity contribution in [1.29, 1.82) is 0 Å². The number of carbonyl (C=O) groups is 2. The van der Waals surface area contributed by atoms with E-state index in [1.54, 1.807) is 13.8 Å². The molecule has 64 valence electrons. The fourth-order valence-electron chi connectivity index (χ4n) is 0.416. The zero-order chi connectivity index (χ0) is 8.85. The number of hydrogen-bond donors (Lipinski definition) is 2. The fourth-order valence-corrected chi connectivity index (χ4v) is 0.416. The standard InChI is InChI=1S/C6H12N2O3/c1-4(2)11-3-5(9)8-6(7)10/h4H,3H2,1-2H3,(H3,7,8,9,10). The van der Waals surface area contributed by atoms with Crippen LogP contribution in [0.25, 0.3) is 0 Å². The Hall–Kier alpha value is -1.10. The second kappa shape index (κ2) is 4.68. The van der Waals surface area contributed by atoms with Crippen LogP contribution in [0.3, 0.4) is 0 Å². The minimum absolute atomic E-state index is 0.0337. The number of primary amides is 1. The lowest BCUT2D eigenvalue weighted by atomic mass is 10.5. The summed E-state index contributed by atoms with van der Waals surface area (Å²) in [4.78, 5) is 20.7. The largest absolute Gasteiger partial charge is 0.369 e. The highest BCUT2D eigenvalue weighted by molar-refractivity contribution is 5.94. The Bertz CT molecular complexity index is 156. The van der Waals surface area contributed by atoms with Gasteiger partial charge >= 0.3 is 6.03 Å². The third-order valence-electron chi connectivity index (χ3n) is 0.810. The summed E-state index contributed by atoms with van der Waals surface area (Å²) in [5, 5.41) is 1.87. The second-order valence-electron chi connectivity index (χ2n) is 2.27. The Kier molecular flexibility index (Phi) is 4.21. The predicted molar refractivity (Wildman–Crippen MR) is 38.8 cm³/mol. The lowest BCUT2D eigenvalue weighted by molar-refractivity contribution is -0.125. The molecular weight excluding hydrogens is 148 g/mol. The first-order valence-electron chi connectivity index (χ1n) is 3.23. The highest BCUT2D eigenvalue weighted by Crippen LogP contribution is 1.85. The van der Waals surface area contributed by atoms with Gasteiger partial charge in [0.1, 0.15) is 6.61 Å². The predicted octanol–water partition coefficient (Wildman–Crippen LogP) is -0.394. The lowest BCUT2D eigenvalue weighted by Gasteiger charge is -2.05. The number of hydrogen-bond acceptors (Lipinski definition) is 3. The molecule has 0 rings (SSSR count). The number of imide groups is 1. The maximum atomic E-state index is 10.6. The van der Waals surface area contributed by atoms with Gasteiger partial charge in [0.25, 0.3) is 5.91 Å². The molecule has 0 aromatic heterocycles. The van der Waals surface area contributed by atoms with E-state index in [0.717, 1.165) is 0 Å². The molecule has 5 nitrogen and oxygen atoms in total. The van der Waals surface area contributed by atoms with E-state index >= 15 is 0 Å². The molecule has 11 heavy (non-hydrogen) atoms. The summed E-state index contributed by atoms with van der Waals surface area (Å²) in [6, 6.07) is -0.859. The van der Waals surface area contributed by atoms with Crippen LogP contribution in [-0.4, -0.2) is 24.6 Å². The van der Waals surface area contributed by atoms with Crippen molar-refractivity contribution in [1.82, 2.24) is 5.32 Å². The number of nitrogens with one attached hydrogen (secondary N) is 1. The Morgan fingerprint density at radius 3 is 2.45 bits per heavy atom. The fraction of sp³-hybridized carbons (Fsp3) is 0.667. The van der Waals surface area contributed by atoms with Crippen molar-refractivity contribution < 1.29 is 14.3 Å². The summed E-state index contributed by atoms with van der Waals surface area (Å²) in [6.45, 7) is 3.44. The zero-order valence-corrected chi connectivity index (χ0v) is 6.59. The number of nitrogens with two attached hydrogens (primary N) is 1. The van der Waals surface area contributed by atoms with Crippen molar-refractivity contribution in [2.75, 3.05) is 6.61 Å². The molecule has 0 heterocycles. The topological polar surface area (TPSA) is 81.4 Å². The molecule has 3 amide bonds. The van der Waals surface area contributed by atoms with E-state index in [9.17, 15) is 9.59 Å². The number of carbonyl (C=O) groups excluding carboxylic acids is 2. The van der Waals surface area contributed by atoms with Crippen molar-refractivity contribution in [3.05, 3.63) is 0 Å². The SMILES string of the molecule is CC(C)OCC(=O)NC(N)=O. The summed E-state index contributed by atoms with van der Waals surface area (Å²) < 4.78 is 4.88. The Labute approximate surface area is 64.9 Å². The molecule has 0 atom stereocenters. The van der Waals surface area contributed by atoms with Crippen molar-refractivity contribution in [2.24, 2.45) is 5.73 Å². The smallest absolute Gasteiger partial charge is 0.318 e. The molecule has 3 N–H and O–H groups in total. The van der Waals surface area contributed by atoms with Gasteiger partial charge in [0, 0.05) is 0 Å². The average molecular weight is 160 g/mol. The van der Waals surface area contributed by atoms with E-state index in [2.05, 4.69) is 5.73 Å². The van der Waals surface area contributed by atoms with E-state index in [4.69, 9.17) is 4.74 Å². The van der Waals surface area contributed by atoms with Crippen LogP contribution in [0.4, 0.5) is 4.79 Å². The third-order valence-corrected chi connectivity index (χ3v) is 0.810. The molecule has 0 radical (unpaired) electrons. The molecule has 0 spiro atoms. The van der Waals surface area contributed by atoms with Gasteiger partial charge in [-0.25, -0.2) is 4.79 Å². The maximum absolute atomic E-state index is 10.6. The summed E-state index contributed by atoms with van der Waals surface area (Å²) in [6.07, 6.45) is -0.0337. The van der Waals surface area contributed by atoms with E-state index in [-0.39, 0.29) is 12.7 Å². The number of rotatable bonds is 3. The summed E-state index contributed by atoms with van der Waals surface area (Å²) >= 11 is 0. The maximum Gasteiger partial charge on any atom is 0.318 e. The quantitative estimate of drug-likeness (QED) is 0.589. The molecule has 0 unspecified atom stereocenters. The first kappa shape index (κ1) is 9.90. The number of urea groups is 1. The average Bonchev–Trinajstić information content (AvgIpc) is 1.82. The molecule has 0 aliphatic rings. The summed E-state index contributed by atoms with van der Waals surface area (Å²) in [5.74, 6) is -0.522. The van der Waals surface area contributed by atoms with Crippen LogP contribution < -0.4 is 11.1 Å². The van der Waals surface area contributed by atoms with Crippen LogP contribution in [0, 0.1) is 0 Å². The van der Waals surface area contributed by atoms with Crippen LogP contribution in [0.1, 0.15) is 13.8 Å². The Morgan fingerprint density at radius 1 is 1.55 bits per heavy atom. The van der Waals surface area contributed by atoms with E-state index in [1.807, 2.05) is 5.32 Å². The zero-order valence-electron chi connectivity index (χ0n) is 6.59. The minimum atomic E-state index is -0.859. The van der Waals surface area contributed by atoms with Gasteiger partial charge < -0.3 is 10.5 Å². The van der Waals surface area contributed by atoms with E-state index in [0.29, 0.717) is 0 Å². The summed E-state index contributed by atoms with van der Waals surface area (Å²) in [7, 11) is 0. The summed E-state index contributed by atoms with van der Waals surface area (Å²) in [5.41, 5.74) is 4.67. The third kappa shape index (κ3) is 6.79. The van der Waals surface area contributed by atoms with Gasteiger partial charge in [-0.05, 0) is 13.8 Å². The van der Waals surface area contributed by atoms with Crippen LogP contribution in [0.2, 0.25) is 0 Å². The molecule has 5 heteroatoms. The van der Waals surface area contributed by atoms with Gasteiger partial charge in [-0.3, -0.25) is 10.1 Å². The van der Waals surface area contributed by atoms with E-state index < -0.39 is 11.9 Å². The molecular formula is C6H12N2O3. The van der Waals surface area contributed by atoms with Crippen LogP contribution >= 0.6 is 0 Å². The van der Waals surface area contributed by atoms with Gasteiger partial charge in [-0.2, -0.15) is 0 Å². The molecule has 0 bridgehead atoms. The van der Waals surface area contributed by atoms with Gasteiger partial charge in [0.05, 0.1) is 6.10 Å². The van der Waals surface area contributed by atoms with Crippen molar-refractivity contribution in [2.45, 2.75) is 20.0 Å². The molecule has 0 aliphatic heterocycles. The number of ether oxygens (including phenoxy) is 1. The van der Waals surface area contributed by atoms with Gasteiger partial charge in [0.2, 0.25) is 0 Å². The highest BCUT2D eigenvalue weighted by atomic mass is 16.5. The Balaban J connectivity index is 3.46. The monoisotopic (exact) mass is 160 g/mol. The highest BCUT2D eigenvalue weighted by Gasteiger charge is 2.04. The number of amides is 3. The molecule has 0 aromatic carbocycles. The van der Waals surface area contributed by atoms with Crippen LogP contribution in [0.15, 0.2) is 0 Å². The first-order valence-corrected chi connectivity index (χ1v) is 3.23. The molecule has 0 aromatic rings. The lowest BCUT2D eigenvalue weighted by Crippen LogP contribution is -2.37. The van der Waals surface area contributed by atoms with Crippen molar-refractivity contribution in [3.63, 3.8) is 0 Å². The van der Waals surface area contributed by atoms with Crippen molar-refractivity contribution >= 4 is 11.9 Å². The van der Waals surface area contributed by atoms with Gasteiger partial charge in [-0.15, -0.1) is 0 Å².